The molecule has 1 saturated heterocycles. The van der Waals surface area contributed by atoms with Gasteiger partial charge in [0.2, 0.25) is 0 Å². The van der Waals surface area contributed by atoms with Gasteiger partial charge < -0.3 is 14.7 Å². The molecule has 0 radical (unpaired) electrons. The average Bonchev–Trinajstić information content (AvgIpc) is 3.33. The molecule has 3 aromatic rings. The van der Waals surface area contributed by atoms with Crippen LogP contribution in [0.2, 0.25) is 0 Å². The van der Waals surface area contributed by atoms with E-state index in [1.165, 1.54) is 16.9 Å². The van der Waals surface area contributed by atoms with E-state index >= 15 is 0 Å². The van der Waals surface area contributed by atoms with E-state index in [2.05, 4.69) is 32.9 Å². The molecule has 3 amide bonds. The minimum atomic E-state index is -0.0188. The maximum atomic E-state index is 13.6. The number of carbonyl (C=O) groups is 3. The summed E-state index contributed by atoms with van der Waals surface area (Å²) in [6.45, 7) is 13.8. The summed E-state index contributed by atoms with van der Waals surface area (Å²) < 4.78 is 0. The third-order valence-electron chi connectivity index (χ3n) is 8.50. The van der Waals surface area contributed by atoms with Crippen molar-refractivity contribution in [2.45, 2.75) is 40.0 Å². The first-order valence-corrected chi connectivity index (χ1v) is 15.1. The fourth-order valence-electron chi connectivity index (χ4n) is 5.91. The maximum absolute atomic E-state index is 13.6. The van der Waals surface area contributed by atoms with Gasteiger partial charge >= 0.3 is 0 Å². The predicted octanol–water partition coefficient (Wildman–Crippen LogP) is 6.19. The maximum Gasteiger partial charge on any atom is 0.268 e. The van der Waals surface area contributed by atoms with Crippen LogP contribution in [0.1, 0.15) is 70.6 Å². The SMILES string of the molecule is CCN(CC)C(=O)c1ccc(N(CC2C3CN(C(=O)c4ccc(C(C)(C)C)cc4)CC32)C(=O)c2cccs2)cc1. The third kappa shape index (κ3) is 5.57. The summed E-state index contributed by atoms with van der Waals surface area (Å²) in [4.78, 5) is 45.9. The molecule has 2 aliphatic rings. The second-order valence-electron chi connectivity index (χ2n) is 11.9. The molecule has 1 aliphatic heterocycles. The Morgan fingerprint density at radius 1 is 0.850 bits per heavy atom. The molecule has 2 aromatic carbocycles. The van der Waals surface area contributed by atoms with Crippen LogP contribution in [0.25, 0.3) is 0 Å². The lowest BCUT2D eigenvalue weighted by Crippen LogP contribution is -2.36. The van der Waals surface area contributed by atoms with Crippen molar-refractivity contribution >= 4 is 34.7 Å². The van der Waals surface area contributed by atoms with Gasteiger partial charge in [-0.3, -0.25) is 14.4 Å². The Morgan fingerprint density at radius 3 is 1.98 bits per heavy atom. The molecule has 2 fully saturated rings. The summed E-state index contributed by atoms with van der Waals surface area (Å²) in [6.07, 6.45) is 0. The highest BCUT2D eigenvalue weighted by Gasteiger charge is 2.57. The number of fused-ring (bicyclic) bond motifs is 1. The van der Waals surface area contributed by atoms with Crippen molar-refractivity contribution in [2.75, 3.05) is 37.6 Å². The Balaban J connectivity index is 1.27. The highest BCUT2D eigenvalue weighted by Crippen LogP contribution is 2.52. The fourth-order valence-corrected chi connectivity index (χ4v) is 6.58. The van der Waals surface area contributed by atoms with Gasteiger partial charge in [0.25, 0.3) is 17.7 Å². The summed E-state index contributed by atoms with van der Waals surface area (Å²) in [5.41, 5.74) is 3.43. The van der Waals surface area contributed by atoms with Crippen LogP contribution < -0.4 is 4.90 Å². The number of piperidine rings is 1. The fraction of sp³-hybridized carbons (Fsp3) is 0.424. The number of thiophene rings is 1. The Labute approximate surface area is 241 Å². The van der Waals surface area contributed by atoms with Crippen molar-refractivity contribution < 1.29 is 14.4 Å². The molecule has 1 aliphatic carbocycles. The van der Waals surface area contributed by atoms with Crippen molar-refractivity contribution in [3.63, 3.8) is 0 Å². The first-order chi connectivity index (χ1) is 19.1. The van der Waals surface area contributed by atoms with Crippen LogP contribution in [0.5, 0.6) is 0 Å². The molecule has 1 saturated carbocycles. The molecular formula is C33H39N3O3S. The molecule has 7 heteroatoms. The molecule has 1 aromatic heterocycles. The van der Waals surface area contributed by atoms with E-state index in [0.29, 0.717) is 47.8 Å². The topological polar surface area (TPSA) is 60.9 Å². The van der Waals surface area contributed by atoms with Crippen LogP contribution in [0.15, 0.2) is 66.0 Å². The molecule has 210 valence electrons. The van der Waals surface area contributed by atoms with Crippen molar-refractivity contribution in [3.05, 3.63) is 87.6 Å². The smallest absolute Gasteiger partial charge is 0.268 e. The van der Waals surface area contributed by atoms with E-state index in [0.717, 1.165) is 24.3 Å². The molecule has 0 bridgehead atoms. The number of benzene rings is 2. The molecule has 5 rings (SSSR count). The van der Waals surface area contributed by atoms with Crippen molar-refractivity contribution in [1.82, 2.24) is 9.80 Å². The predicted molar refractivity (Wildman–Crippen MR) is 161 cm³/mol. The van der Waals surface area contributed by atoms with Gasteiger partial charge in [0.1, 0.15) is 0 Å². The first-order valence-electron chi connectivity index (χ1n) is 14.3. The van der Waals surface area contributed by atoms with Crippen LogP contribution in [-0.4, -0.2) is 60.2 Å². The molecule has 40 heavy (non-hydrogen) atoms. The van der Waals surface area contributed by atoms with Gasteiger partial charge in [-0.25, -0.2) is 0 Å². The van der Waals surface area contributed by atoms with Gasteiger partial charge in [0.05, 0.1) is 4.88 Å². The van der Waals surface area contributed by atoms with Crippen LogP contribution in [0, 0.1) is 17.8 Å². The number of amides is 3. The number of carbonyl (C=O) groups excluding carboxylic acids is 3. The van der Waals surface area contributed by atoms with E-state index in [-0.39, 0.29) is 23.1 Å². The standard InChI is InChI=1S/C33H39N3O3S/c1-6-34(7-2)30(37)23-12-16-25(17-13-23)36(32(39)29-9-8-18-40-29)21-28-26-19-35(20-27(26)28)31(38)22-10-14-24(15-11-22)33(3,4)5/h8-18,26-28H,6-7,19-21H2,1-5H3. The molecule has 2 atom stereocenters. The van der Waals surface area contributed by atoms with E-state index in [9.17, 15) is 14.4 Å². The highest BCUT2D eigenvalue weighted by atomic mass is 32.1. The van der Waals surface area contributed by atoms with Crippen molar-refractivity contribution in [3.8, 4) is 0 Å². The van der Waals surface area contributed by atoms with Gasteiger partial charge in [0.15, 0.2) is 0 Å². The first kappa shape index (κ1) is 28.1. The van der Waals surface area contributed by atoms with Gasteiger partial charge in [0, 0.05) is 49.5 Å². The highest BCUT2D eigenvalue weighted by molar-refractivity contribution is 7.12. The third-order valence-corrected chi connectivity index (χ3v) is 9.36. The summed E-state index contributed by atoms with van der Waals surface area (Å²) in [7, 11) is 0. The van der Waals surface area contributed by atoms with Crippen molar-refractivity contribution in [1.29, 1.82) is 0 Å². The summed E-state index contributed by atoms with van der Waals surface area (Å²) in [5, 5.41) is 1.92. The number of hydrogen-bond donors (Lipinski definition) is 0. The molecule has 0 N–H and O–H groups in total. The second kappa shape index (κ2) is 11.2. The monoisotopic (exact) mass is 557 g/mol. The van der Waals surface area contributed by atoms with E-state index < -0.39 is 0 Å². The van der Waals surface area contributed by atoms with Crippen LogP contribution >= 0.6 is 11.3 Å². The Kier molecular flexibility index (Phi) is 7.87. The number of hydrogen-bond acceptors (Lipinski definition) is 4. The summed E-state index contributed by atoms with van der Waals surface area (Å²) in [6, 6.07) is 19.2. The Hall–Kier alpha value is -3.45. The minimum absolute atomic E-state index is 0.00205. The lowest BCUT2D eigenvalue weighted by atomic mass is 9.86. The number of nitrogens with zero attached hydrogens (tertiary/aromatic N) is 3. The van der Waals surface area contributed by atoms with Crippen LogP contribution in [0.4, 0.5) is 5.69 Å². The molecular weight excluding hydrogens is 518 g/mol. The van der Waals surface area contributed by atoms with Gasteiger partial charge in [-0.1, -0.05) is 39.0 Å². The number of likely N-dealkylation sites (tertiary alicyclic amines) is 1. The zero-order chi connectivity index (χ0) is 28.6. The zero-order valence-electron chi connectivity index (χ0n) is 24.1. The normalized spacial score (nSPS) is 19.7. The van der Waals surface area contributed by atoms with Crippen LogP contribution in [-0.2, 0) is 5.41 Å². The average molecular weight is 558 g/mol. The molecule has 2 unspecified atom stereocenters. The lowest BCUT2D eigenvalue weighted by Gasteiger charge is -2.26. The number of rotatable bonds is 8. The molecule has 6 nitrogen and oxygen atoms in total. The Bertz CT molecular complexity index is 1340. The quantitative estimate of drug-likeness (QED) is 0.332. The van der Waals surface area contributed by atoms with E-state index in [4.69, 9.17) is 0 Å². The van der Waals surface area contributed by atoms with Gasteiger partial charge in [-0.05, 0) is 90.4 Å². The number of anilines is 1. The van der Waals surface area contributed by atoms with Crippen molar-refractivity contribution in [2.24, 2.45) is 17.8 Å². The van der Waals surface area contributed by atoms with Gasteiger partial charge in [-0.15, -0.1) is 11.3 Å². The minimum Gasteiger partial charge on any atom is -0.339 e. The zero-order valence-corrected chi connectivity index (χ0v) is 24.9. The van der Waals surface area contributed by atoms with E-state index in [1.807, 2.05) is 77.6 Å². The largest absolute Gasteiger partial charge is 0.339 e. The van der Waals surface area contributed by atoms with Gasteiger partial charge in [-0.2, -0.15) is 0 Å². The molecule has 0 spiro atoms. The lowest BCUT2D eigenvalue weighted by molar-refractivity contribution is 0.0762. The Morgan fingerprint density at radius 2 is 1.45 bits per heavy atom. The summed E-state index contributed by atoms with van der Waals surface area (Å²) in [5.74, 6) is 1.23. The van der Waals surface area contributed by atoms with E-state index in [1.54, 1.807) is 4.90 Å². The molecule has 2 heterocycles. The van der Waals surface area contributed by atoms with Crippen LogP contribution in [0.3, 0.4) is 0 Å². The summed E-state index contributed by atoms with van der Waals surface area (Å²) >= 11 is 1.44. The second-order valence-corrected chi connectivity index (χ2v) is 12.9.